The van der Waals surface area contributed by atoms with Gasteiger partial charge >= 0.3 is 0 Å². The summed E-state index contributed by atoms with van der Waals surface area (Å²) in [4.78, 5) is 0. The zero-order chi connectivity index (χ0) is 7.84. The van der Waals surface area contributed by atoms with Gasteiger partial charge in [0.1, 0.15) is 0 Å². The molecule has 1 aromatic heterocycles. The van der Waals surface area contributed by atoms with E-state index in [1.165, 1.54) is 5.56 Å². The molecule has 56 valence electrons. The molecule has 0 aliphatic rings. The number of halogens is 1. The SMILES string of the molecule is Cc1cc(Br)c2[nH]ncc2c1. The van der Waals surface area contributed by atoms with Crippen molar-refractivity contribution in [1.82, 2.24) is 10.2 Å². The van der Waals surface area contributed by atoms with Crippen LogP contribution in [-0.2, 0) is 0 Å². The van der Waals surface area contributed by atoms with Crippen LogP contribution in [-0.4, -0.2) is 10.2 Å². The van der Waals surface area contributed by atoms with Gasteiger partial charge in [0.05, 0.1) is 11.7 Å². The maximum atomic E-state index is 3.95. The normalized spacial score (nSPS) is 10.7. The van der Waals surface area contributed by atoms with Crippen molar-refractivity contribution >= 4 is 26.8 Å². The summed E-state index contributed by atoms with van der Waals surface area (Å²) in [5, 5.41) is 8.02. The van der Waals surface area contributed by atoms with Crippen LogP contribution in [0.4, 0.5) is 0 Å². The van der Waals surface area contributed by atoms with Gasteiger partial charge in [-0.25, -0.2) is 0 Å². The molecule has 1 aromatic carbocycles. The Morgan fingerprint density at radius 1 is 1.45 bits per heavy atom. The van der Waals surface area contributed by atoms with Crippen molar-refractivity contribution in [2.75, 3.05) is 0 Å². The van der Waals surface area contributed by atoms with Crippen LogP contribution >= 0.6 is 15.9 Å². The summed E-state index contributed by atoms with van der Waals surface area (Å²) >= 11 is 3.46. The third-order valence-electron chi connectivity index (χ3n) is 1.65. The van der Waals surface area contributed by atoms with E-state index in [-0.39, 0.29) is 0 Å². The molecule has 0 radical (unpaired) electrons. The molecule has 0 atom stereocenters. The standard InChI is InChI=1S/C8H7BrN2/c1-5-2-6-4-10-11-8(6)7(9)3-5/h2-4H,1H3,(H,10,11). The van der Waals surface area contributed by atoms with E-state index in [1.807, 2.05) is 6.20 Å². The second kappa shape index (κ2) is 2.34. The minimum atomic E-state index is 1.07. The Balaban J connectivity index is 2.91. The molecule has 0 saturated carbocycles. The van der Waals surface area contributed by atoms with Gasteiger partial charge in [-0.3, -0.25) is 5.10 Å². The Labute approximate surface area is 72.7 Å². The third kappa shape index (κ3) is 1.05. The molecule has 0 spiro atoms. The zero-order valence-electron chi connectivity index (χ0n) is 6.06. The highest BCUT2D eigenvalue weighted by molar-refractivity contribution is 9.10. The Morgan fingerprint density at radius 3 is 3.09 bits per heavy atom. The van der Waals surface area contributed by atoms with Gasteiger partial charge in [-0.1, -0.05) is 0 Å². The van der Waals surface area contributed by atoms with Crippen molar-refractivity contribution in [3.05, 3.63) is 28.4 Å². The molecule has 0 fully saturated rings. The zero-order valence-corrected chi connectivity index (χ0v) is 7.64. The van der Waals surface area contributed by atoms with Gasteiger partial charge in [-0.15, -0.1) is 0 Å². The Hall–Kier alpha value is -0.830. The second-order valence-electron chi connectivity index (χ2n) is 2.58. The number of aromatic nitrogens is 2. The van der Waals surface area contributed by atoms with Crippen molar-refractivity contribution in [3.63, 3.8) is 0 Å². The van der Waals surface area contributed by atoms with Gasteiger partial charge in [-0.05, 0) is 40.5 Å². The lowest BCUT2D eigenvalue weighted by Crippen LogP contribution is -1.74. The molecule has 2 nitrogen and oxygen atoms in total. The largest absolute Gasteiger partial charge is 0.277 e. The number of rotatable bonds is 0. The number of nitrogens with one attached hydrogen (secondary N) is 1. The van der Waals surface area contributed by atoms with Crippen molar-refractivity contribution in [3.8, 4) is 0 Å². The van der Waals surface area contributed by atoms with Crippen molar-refractivity contribution in [1.29, 1.82) is 0 Å². The molecular weight excluding hydrogens is 204 g/mol. The van der Waals surface area contributed by atoms with Crippen molar-refractivity contribution in [2.24, 2.45) is 0 Å². The molecule has 11 heavy (non-hydrogen) atoms. The van der Waals surface area contributed by atoms with Gasteiger partial charge in [-0.2, -0.15) is 5.10 Å². The first-order valence-corrected chi connectivity index (χ1v) is 4.16. The first-order valence-electron chi connectivity index (χ1n) is 3.36. The minimum absolute atomic E-state index is 1.07. The van der Waals surface area contributed by atoms with Crippen LogP contribution in [0.25, 0.3) is 10.9 Å². The van der Waals surface area contributed by atoms with Crippen molar-refractivity contribution in [2.45, 2.75) is 6.92 Å². The van der Waals surface area contributed by atoms with E-state index in [0.29, 0.717) is 0 Å². The molecular formula is C8H7BrN2. The molecule has 1 N–H and O–H groups in total. The van der Waals surface area contributed by atoms with E-state index in [4.69, 9.17) is 0 Å². The van der Waals surface area contributed by atoms with E-state index in [9.17, 15) is 0 Å². The fraction of sp³-hybridized carbons (Fsp3) is 0.125. The summed E-state index contributed by atoms with van der Waals surface area (Å²) in [6, 6.07) is 4.17. The van der Waals surface area contributed by atoms with E-state index >= 15 is 0 Å². The molecule has 1 heterocycles. The van der Waals surface area contributed by atoms with Crippen LogP contribution in [0.5, 0.6) is 0 Å². The highest BCUT2D eigenvalue weighted by Gasteiger charge is 1.99. The van der Waals surface area contributed by atoms with E-state index in [0.717, 1.165) is 15.4 Å². The summed E-state index contributed by atoms with van der Waals surface area (Å²) in [6.07, 6.45) is 1.83. The number of aryl methyl sites for hydroxylation is 1. The van der Waals surface area contributed by atoms with Gasteiger partial charge in [0.25, 0.3) is 0 Å². The molecule has 2 aromatic rings. The molecule has 0 aliphatic carbocycles. The lowest BCUT2D eigenvalue weighted by atomic mass is 10.2. The quantitative estimate of drug-likeness (QED) is 0.712. The Bertz CT molecular complexity index is 392. The number of hydrogen-bond acceptors (Lipinski definition) is 1. The fourth-order valence-corrected chi connectivity index (χ4v) is 1.83. The predicted molar refractivity (Wildman–Crippen MR) is 48.5 cm³/mol. The molecule has 0 saturated heterocycles. The first kappa shape index (κ1) is 6.85. The molecule has 2 rings (SSSR count). The number of benzene rings is 1. The summed E-state index contributed by atoms with van der Waals surface area (Å²) < 4.78 is 1.07. The third-order valence-corrected chi connectivity index (χ3v) is 2.27. The van der Waals surface area contributed by atoms with Crippen LogP contribution in [0.15, 0.2) is 22.8 Å². The summed E-state index contributed by atoms with van der Waals surface area (Å²) in [6.45, 7) is 2.07. The van der Waals surface area contributed by atoms with Gasteiger partial charge < -0.3 is 0 Å². The van der Waals surface area contributed by atoms with Gasteiger partial charge in [0.2, 0.25) is 0 Å². The molecule has 0 unspecified atom stereocenters. The Kier molecular flexibility index (Phi) is 1.46. The summed E-state index contributed by atoms with van der Waals surface area (Å²) in [5.74, 6) is 0. The number of fused-ring (bicyclic) bond motifs is 1. The minimum Gasteiger partial charge on any atom is -0.277 e. The molecule has 0 amide bonds. The van der Waals surface area contributed by atoms with Crippen LogP contribution in [0.2, 0.25) is 0 Å². The average molecular weight is 211 g/mol. The van der Waals surface area contributed by atoms with Crippen LogP contribution < -0.4 is 0 Å². The van der Waals surface area contributed by atoms with Gasteiger partial charge in [0.15, 0.2) is 0 Å². The molecule has 0 aliphatic heterocycles. The maximum Gasteiger partial charge on any atom is 0.0792 e. The lowest BCUT2D eigenvalue weighted by Gasteiger charge is -1.94. The maximum absolute atomic E-state index is 3.95. The van der Waals surface area contributed by atoms with E-state index < -0.39 is 0 Å². The predicted octanol–water partition coefficient (Wildman–Crippen LogP) is 2.63. The molecule has 0 bridgehead atoms. The van der Waals surface area contributed by atoms with Crippen LogP contribution in [0.1, 0.15) is 5.56 Å². The monoisotopic (exact) mass is 210 g/mol. The number of H-pyrrole nitrogens is 1. The highest BCUT2D eigenvalue weighted by Crippen LogP contribution is 2.22. The van der Waals surface area contributed by atoms with E-state index in [2.05, 4.69) is 45.2 Å². The second-order valence-corrected chi connectivity index (χ2v) is 3.44. The number of aromatic amines is 1. The average Bonchev–Trinajstić information content (AvgIpc) is 2.34. The van der Waals surface area contributed by atoms with Crippen LogP contribution in [0.3, 0.4) is 0 Å². The lowest BCUT2D eigenvalue weighted by molar-refractivity contribution is 1.12. The van der Waals surface area contributed by atoms with Crippen LogP contribution in [0, 0.1) is 6.92 Å². The molecule has 3 heteroatoms. The smallest absolute Gasteiger partial charge is 0.0792 e. The number of nitrogens with zero attached hydrogens (tertiary/aromatic N) is 1. The summed E-state index contributed by atoms with van der Waals surface area (Å²) in [7, 11) is 0. The fourth-order valence-electron chi connectivity index (χ4n) is 1.16. The highest BCUT2D eigenvalue weighted by atomic mass is 79.9. The number of hydrogen-bond donors (Lipinski definition) is 1. The van der Waals surface area contributed by atoms with E-state index in [1.54, 1.807) is 0 Å². The van der Waals surface area contributed by atoms with Crippen molar-refractivity contribution < 1.29 is 0 Å². The summed E-state index contributed by atoms with van der Waals surface area (Å²) in [5.41, 5.74) is 2.31. The Morgan fingerprint density at radius 2 is 2.27 bits per heavy atom. The topological polar surface area (TPSA) is 28.7 Å². The first-order chi connectivity index (χ1) is 5.27. The van der Waals surface area contributed by atoms with Gasteiger partial charge in [0, 0.05) is 9.86 Å².